The number of aryl methyl sites for hydroxylation is 1. The maximum atomic E-state index is 11.9. The predicted octanol–water partition coefficient (Wildman–Crippen LogP) is 3.74. The Kier molecular flexibility index (Phi) is 5.51. The van der Waals surface area contributed by atoms with E-state index in [1.54, 1.807) is 0 Å². The number of aromatic nitrogens is 2. The Balaban J connectivity index is 1.48. The molecule has 1 aliphatic carbocycles. The maximum absolute atomic E-state index is 11.9. The van der Waals surface area contributed by atoms with Crippen LogP contribution in [-0.2, 0) is 4.79 Å². The van der Waals surface area contributed by atoms with Crippen LogP contribution < -0.4 is 10.6 Å². The number of carbonyl (C=O) groups excluding carboxylic acids is 1. The van der Waals surface area contributed by atoms with Crippen molar-refractivity contribution in [3.8, 4) is 0 Å². The van der Waals surface area contributed by atoms with Gasteiger partial charge in [0.25, 0.3) is 0 Å². The third-order valence-electron chi connectivity index (χ3n) is 3.72. The van der Waals surface area contributed by atoms with Crippen LogP contribution in [-0.4, -0.2) is 27.9 Å². The van der Waals surface area contributed by atoms with Crippen LogP contribution in [0, 0.1) is 6.92 Å². The van der Waals surface area contributed by atoms with Gasteiger partial charge >= 0.3 is 0 Å². The second-order valence-corrected chi connectivity index (χ2v) is 7.91. The Morgan fingerprint density at radius 1 is 1.35 bits per heavy atom. The van der Waals surface area contributed by atoms with Crippen LogP contribution in [0.4, 0.5) is 10.8 Å². The molecule has 1 saturated carbocycles. The minimum Gasteiger partial charge on any atom is -0.353 e. The largest absolute Gasteiger partial charge is 0.353 e. The van der Waals surface area contributed by atoms with Gasteiger partial charge in [0, 0.05) is 11.7 Å². The van der Waals surface area contributed by atoms with E-state index in [9.17, 15) is 4.79 Å². The van der Waals surface area contributed by atoms with Crippen LogP contribution in [0.5, 0.6) is 0 Å². The lowest BCUT2D eigenvalue weighted by Crippen LogP contribution is -2.33. The molecule has 1 amide bonds. The van der Waals surface area contributed by atoms with E-state index in [2.05, 4.69) is 39.9 Å². The van der Waals surface area contributed by atoms with E-state index < -0.39 is 0 Å². The fraction of sp³-hybridized carbons (Fsp3) is 0.438. The molecule has 0 atom stereocenters. The summed E-state index contributed by atoms with van der Waals surface area (Å²) in [5.41, 5.74) is 2.19. The van der Waals surface area contributed by atoms with Crippen LogP contribution >= 0.6 is 23.1 Å². The minimum atomic E-state index is 0.0882. The highest BCUT2D eigenvalue weighted by Crippen LogP contribution is 2.28. The van der Waals surface area contributed by atoms with Crippen molar-refractivity contribution in [3.63, 3.8) is 0 Å². The van der Waals surface area contributed by atoms with Crippen molar-refractivity contribution < 1.29 is 4.79 Å². The van der Waals surface area contributed by atoms with Gasteiger partial charge in [-0.3, -0.25) is 4.79 Å². The average Bonchev–Trinajstić information content (AvgIpc) is 3.17. The molecular weight excluding hydrogens is 328 g/mol. The summed E-state index contributed by atoms with van der Waals surface area (Å²) in [6, 6.07) is 8.48. The number of carbonyl (C=O) groups is 1. The lowest BCUT2D eigenvalue weighted by molar-refractivity contribution is -0.119. The molecule has 2 aromatic rings. The molecule has 23 heavy (non-hydrogen) atoms. The van der Waals surface area contributed by atoms with Crippen LogP contribution in [0.2, 0.25) is 0 Å². The van der Waals surface area contributed by atoms with Crippen molar-refractivity contribution in [2.24, 2.45) is 0 Å². The minimum absolute atomic E-state index is 0.0882. The number of thioether (sulfide) groups is 1. The first kappa shape index (κ1) is 16.3. The molecule has 3 rings (SSSR count). The molecule has 2 N–H and O–H groups in total. The van der Waals surface area contributed by atoms with E-state index in [4.69, 9.17) is 0 Å². The molecule has 1 heterocycles. The van der Waals surface area contributed by atoms with Gasteiger partial charge in [0.05, 0.1) is 5.75 Å². The van der Waals surface area contributed by atoms with Gasteiger partial charge in [-0.15, -0.1) is 10.2 Å². The van der Waals surface area contributed by atoms with Crippen molar-refractivity contribution in [2.75, 3.05) is 11.1 Å². The molecule has 1 aromatic heterocycles. The molecule has 1 fully saturated rings. The van der Waals surface area contributed by atoms with Gasteiger partial charge in [-0.1, -0.05) is 48.1 Å². The highest BCUT2D eigenvalue weighted by molar-refractivity contribution is 8.01. The predicted molar refractivity (Wildman–Crippen MR) is 95.5 cm³/mol. The SMILES string of the molecule is Cc1cccc(Nc2nnc(SCC(=O)NC3CCCC3)s2)c1. The standard InChI is InChI=1S/C16H20N4OS2/c1-11-5-4-8-13(9-11)18-15-19-20-16(23-15)22-10-14(21)17-12-6-2-3-7-12/h4-5,8-9,12H,2-3,6-7,10H2,1H3,(H,17,21)(H,18,19). The molecule has 7 heteroatoms. The zero-order valence-electron chi connectivity index (χ0n) is 13.0. The molecule has 0 unspecified atom stereocenters. The second kappa shape index (κ2) is 7.79. The Morgan fingerprint density at radius 3 is 2.96 bits per heavy atom. The van der Waals surface area contributed by atoms with E-state index in [-0.39, 0.29) is 5.91 Å². The average molecular weight is 348 g/mol. The Bertz CT molecular complexity index is 668. The summed E-state index contributed by atoms with van der Waals surface area (Å²) >= 11 is 2.91. The molecule has 0 radical (unpaired) electrons. The number of amides is 1. The molecule has 122 valence electrons. The molecule has 0 bridgehead atoms. The van der Waals surface area contributed by atoms with Gasteiger partial charge < -0.3 is 10.6 Å². The fourth-order valence-electron chi connectivity index (χ4n) is 2.63. The highest BCUT2D eigenvalue weighted by Gasteiger charge is 2.17. The highest BCUT2D eigenvalue weighted by atomic mass is 32.2. The van der Waals surface area contributed by atoms with E-state index in [1.807, 2.05) is 12.1 Å². The summed E-state index contributed by atoms with van der Waals surface area (Å²) in [4.78, 5) is 11.9. The Hall–Kier alpha value is -1.60. The van der Waals surface area contributed by atoms with E-state index in [1.165, 1.54) is 41.5 Å². The van der Waals surface area contributed by atoms with Crippen LogP contribution in [0.1, 0.15) is 31.2 Å². The first-order valence-electron chi connectivity index (χ1n) is 7.78. The summed E-state index contributed by atoms with van der Waals surface area (Å²) in [6.07, 6.45) is 4.67. The smallest absolute Gasteiger partial charge is 0.230 e. The summed E-state index contributed by atoms with van der Waals surface area (Å²) in [5.74, 6) is 0.487. The van der Waals surface area contributed by atoms with E-state index in [0.717, 1.165) is 28.0 Å². The summed E-state index contributed by atoms with van der Waals surface area (Å²) in [7, 11) is 0. The molecule has 5 nitrogen and oxygen atoms in total. The van der Waals surface area contributed by atoms with E-state index >= 15 is 0 Å². The topological polar surface area (TPSA) is 66.9 Å². The molecule has 1 aliphatic rings. The van der Waals surface area contributed by atoms with Gasteiger partial charge in [-0.25, -0.2) is 0 Å². The van der Waals surface area contributed by atoms with Gasteiger partial charge in [0.1, 0.15) is 0 Å². The number of nitrogens with one attached hydrogen (secondary N) is 2. The maximum Gasteiger partial charge on any atom is 0.230 e. The van der Waals surface area contributed by atoms with Gasteiger partial charge in [0.2, 0.25) is 11.0 Å². The monoisotopic (exact) mass is 348 g/mol. The molecule has 1 aromatic carbocycles. The first-order valence-corrected chi connectivity index (χ1v) is 9.58. The van der Waals surface area contributed by atoms with Gasteiger partial charge in [-0.05, 0) is 37.5 Å². The lowest BCUT2D eigenvalue weighted by atomic mass is 10.2. The first-order chi connectivity index (χ1) is 11.2. The number of hydrogen-bond acceptors (Lipinski definition) is 6. The third kappa shape index (κ3) is 4.94. The summed E-state index contributed by atoms with van der Waals surface area (Å²) in [5, 5.41) is 15.3. The normalized spacial score (nSPS) is 14.8. The fourth-order valence-corrected chi connectivity index (χ4v) is 4.22. The van der Waals surface area contributed by atoms with Crippen molar-refractivity contribution in [3.05, 3.63) is 29.8 Å². The Morgan fingerprint density at radius 2 is 2.17 bits per heavy atom. The molecule has 0 aliphatic heterocycles. The number of nitrogens with zero attached hydrogens (tertiary/aromatic N) is 2. The van der Waals surface area contributed by atoms with Gasteiger partial charge in [0.15, 0.2) is 4.34 Å². The Labute approximate surface area is 144 Å². The molecule has 0 spiro atoms. The number of rotatable bonds is 6. The van der Waals surface area contributed by atoms with Crippen molar-refractivity contribution in [2.45, 2.75) is 43.0 Å². The van der Waals surface area contributed by atoms with Crippen LogP contribution in [0.15, 0.2) is 28.6 Å². The van der Waals surface area contributed by atoms with E-state index in [0.29, 0.717) is 11.8 Å². The molecule has 0 saturated heterocycles. The number of benzene rings is 1. The summed E-state index contributed by atoms with van der Waals surface area (Å²) < 4.78 is 0.807. The van der Waals surface area contributed by atoms with Crippen molar-refractivity contribution in [1.82, 2.24) is 15.5 Å². The van der Waals surface area contributed by atoms with Crippen molar-refractivity contribution >= 4 is 39.8 Å². The van der Waals surface area contributed by atoms with Crippen molar-refractivity contribution in [1.29, 1.82) is 0 Å². The third-order valence-corrected chi connectivity index (χ3v) is 5.69. The number of hydrogen-bond donors (Lipinski definition) is 2. The number of anilines is 2. The lowest BCUT2D eigenvalue weighted by Gasteiger charge is -2.10. The summed E-state index contributed by atoms with van der Waals surface area (Å²) in [6.45, 7) is 2.05. The van der Waals surface area contributed by atoms with Crippen LogP contribution in [0.25, 0.3) is 0 Å². The van der Waals surface area contributed by atoms with Crippen LogP contribution in [0.3, 0.4) is 0 Å². The zero-order valence-corrected chi connectivity index (χ0v) is 14.7. The quantitative estimate of drug-likeness (QED) is 0.779. The zero-order chi connectivity index (χ0) is 16.1. The van der Waals surface area contributed by atoms with Gasteiger partial charge in [-0.2, -0.15) is 0 Å². The molecular formula is C16H20N4OS2. The second-order valence-electron chi connectivity index (χ2n) is 5.71.